The Morgan fingerprint density at radius 1 is 1.40 bits per heavy atom. The van der Waals surface area contributed by atoms with Crippen LogP contribution in [0.1, 0.15) is 37.4 Å². The smallest absolute Gasteiger partial charge is 0.331 e. The lowest BCUT2D eigenvalue weighted by Gasteiger charge is -2.35. The maximum atomic E-state index is 12.4. The first-order valence-corrected chi connectivity index (χ1v) is 6.84. The molecule has 1 N–H and O–H groups in total. The highest BCUT2D eigenvalue weighted by atomic mass is 16.4. The third-order valence-corrected chi connectivity index (χ3v) is 3.63. The van der Waals surface area contributed by atoms with Gasteiger partial charge in [-0.2, -0.15) is 0 Å². The summed E-state index contributed by atoms with van der Waals surface area (Å²) in [5.41, 5.74) is 2.35. The molecule has 1 aromatic rings. The van der Waals surface area contributed by atoms with Gasteiger partial charge in [-0.1, -0.05) is 37.3 Å². The van der Waals surface area contributed by atoms with Crippen LogP contribution in [0.5, 0.6) is 0 Å². The predicted molar refractivity (Wildman–Crippen MR) is 76.3 cm³/mol. The Labute approximate surface area is 118 Å². The van der Waals surface area contributed by atoms with Crippen LogP contribution >= 0.6 is 0 Å². The highest BCUT2D eigenvalue weighted by molar-refractivity contribution is 5.96. The summed E-state index contributed by atoms with van der Waals surface area (Å²) >= 11 is 0. The zero-order valence-corrected chi connectivity index (χ0v) is 11.8. The molecule has 1 amide bonds. The molecule has 4 heteroatoms. The molecule has 1 atom stereocenters. The number of amides is 1. The third-order valence-electron chi connectivity index (χ3n) is 3.63. The fourth-order valence-electron chi connectivity index (χ4n) is 2.67. The fraction of sp³-hybridized carbons (Fsp3) is 0.375. The molecule has 1 aliphatic rings. The van der Waals surface area contributed by atoms with E-state index in [1.54, 1.807) is 13.0 Å². The Kier molecular flexibility index (Phi) is 4.23. The van der Waals surface area contributed by atoms with Crippen molar-refractivity contribution in [3.8, 4) is 0 Å². The van der Waals surface area contributed by atoms with Gasteiger partial charge in [0.15, 0.2) is 6.04 Å². The van der Waals surface area contributed by atoms with E-state index in [-0.39, 0.29) is 5.91 Å². The first-order chi connectivity index (χ1) is 9.56. The second-order valence-electron chi connectivity index (χ2n) is 4.98. The van der Waals surface area contributed by atoms with Crippen molar-refractivity contribution < 1.29 is 14.7 Å². The summed E-state index contributed by atoms with van der Waals surface area (Å²) in [4.78, 5) is 25.5. The average Bonchev–Trinajstić information content (AvgIpc) is 2.45. The number of hydrogen-bond acceptors (Lipinski definition) is 2. The van der Waals surface area contributed by atoms with Crippen molar-refractivity contribution >= 4 is 11.9 Å². The van der Waals surface area contributed by atoms with E-state index in [0.29, 0.717) is 18.5 Å². The van der Waals surface area contributed by atoms with E-state index < -0.39 is 12.0 Å². The summed E-state index contributed by atoms with van der Waals surface area (Å²) in [6.45, 7) is 4.14. The first kappa shape index (κ1) is 14.3. The molecule has 2 rings (SSSR count). The molecule has 0 aromatic heterocycles. The highest BCUT2D eigenvalue weighted by Gasteiger charge is 2.35. The van der Waals surface area contributed by atoms with Crippen molar-refractivity contribution in [3.05, 3.63) is 47.0 Å². The second-order valence-corrected chi connectivity index (χ2v) is 4.98. The third kappa shape index (κ3) is 2.59. The number of benzene rings is 1. The topological polar surface area (TPSA) is 57.6 Å². The van der Waals surface area contributed by atoms with Crippen LogP contribution in [-0.2, 0) is 16.0 Å². The van der Waals surface area contributed by atoms with E-state index in [0.717, 1.165) is 17.5 Å². The number of allylic oxidation sites excluding steroid dienone is 1. The Balaban J connectivity index is 2.39. The van der Waals surface area contributed by atoms with Gasteiger partial charge in [-0.25, -0.2) is 4.79 Å². The summed E-state index contributed by atoms with van der Waals surface area (Å²) in [6.07, 6.45) is 3.30. The maximum Gasteiger partial charge on any atom is 0.331 e. The van der Waals surface area contributed by atoms with Gasteiger partial charge in [-0.15, -0.1) is 0 Å². The number of rotatable bonds is 3. The van der Waals surface area contributed by atoms with E-state index in [1.807, 2.05) is 31.2 Å². The summed E-state index contributed by atoms with van der Waals surface area (Å²) in [5, 5.41) is 9.50. The lowest BCUT2D eigenvalue weighted by atomic mass is 9.92. The Hall–Kier alpha value is -2.10. The second kappa shape index (κ2) is 5.90. The van der Waals surface area contributed by atoms with Gasteiger partial charge in [0.2, 0.25) is 5.91 Å². The molecule has 20 heavy (non-hydrogen) atoms. The van der Waals surface area contributed by atoms with Crippen LogP contribution in [0, 0.1) is 0 Å². The number of fused-ring (bicyclic) bond motifs is 1. The molecule has 0 fully saturated rings. The molecule has 106 valence electrons. The van der Waals surface area contributed by atoms with Crippen molar-refractivity contribution in [3.63, 3.8) is 0 Å². The van der Waals surface area contributed by atoms with E-state index in [1.165, 1.54) is 4.90 Å². The number of carboxylic acid groups (broad SMARTS) is 1. The maximum absolute atomic E-state index is 12.4. The Bertz CT molecular complexity index is 563. The van der Waals surface area contributed by atoms with Crippen molar-refractivity contribution in [1.29, 1.82) is 0 Å². The minimum Gasteiger partial charge on any atom is -0.479 e. The first-order valence-electron chi connectivity index (χ1n) is 6.84. The monoisotopic (exact) mass is 273 g/mol. The molecular formula is C16H19NO3. The van der Waals surface area contributed by atoms with Gasteiger partial charge in [-0.05, 0) is 30.9 Å². The highest BCUT2D eigenvalue weighted by Crippen LogP contribution is 2.30. The van der Waals surface area contributed by atoms with Crippen LogP contribution < -0.4 is 0 Å². The molecule has 4 nitrogen and oxygen atoms in total. The molecule has 0 bridgehead atoms. The molecule has 0 aliphatic carbocycles. The molecule has 1 aliphatic heterocycles. The molecule has 0 spiro atoms. The minimum atomic E-state index is -0.977. The van der Waals surface area contributed by atoms with Gasteiger partial charge in [-0.3, -0.25) is 4.79 Å². The van der Waals surface area contributed by atoms with Crippen LogP contribution in [0.4, 0.5) is 0 Å². The number of aliphatic carboxylic acids is 1. The van der Waals surface area contributed by atoms with Gasteiger partial charge in [0.1, 0.15) is 0 Å². The summed E-state index contributed by atoms with van der Waals surface area (Å²) in [6, 6.07) is 6.57. The van der Waals surface area contributed by atoms with Gasteiger partial charge in [0, 0.05) is 12.1 Å². The van der Waals surface area contributed by atoms with Gasteiger partial charge < -0.3 is 10.0 Å². The number of nitrogens with zero attached hydrogens (tertiary/aromatic N) is 1. The average molecular weight is 273 g/mol. The van der Waals surface area contributed by atoms with Crippen molar-refractivity contribution in [2.75, 3.05) is 6.54 Å². The van der Waals surface area contributed by atoms with E-state index >= 15 is 0 Å². The number of carbonyl (C=O) groups is 2. The lowest BCUT2D eigenvalue weighted by molar-refractivity contribution is -0.149. The van der Waals surface area contributed by atoms with E-state index in [4.69, 9.17) is 0 Å². The molecule has 1 aromatic carbocycles. The van der Waals surface area contributed by atoms with Crippen LogP contribution in [-0.4, -0.2) is 28.4 Å². The van der Waals surface area contributed by atoms with Crippen LogP contribution in [0.15, 0.2) is 35.9 Å². The molecule has 1 unspecified atom stereocenters. The van der Waals surface area contributed by atoms with Crippen molar-refractivity contribution in [1.82, 2.24) is 4.90 Å². The van der Waals surface area contributed by atoms with Crippen LogP contribution in [0.25, 0.3) is 0 Å². The summed E-state index contributed by atoms with van der Waals surface area (Å²) < 4.78 is 0. The van der Waals surface area contributed by atoms with Gasteiger partial charge >= 0.3 is 5.97 Å². The summed E-state index contributed by atoms with van der Waals surface area (Å²) in [7, 11) is 0. The zero-order chi connectivity index (χ0) is 14.7. The standard InChI is InChI=1S/C16H19NO3/c1-3-6-11(2)15(18)17-10-9-12-7-4-5-8-13(12)14(17)16(19)20/h4-8,14H,3,9-10H2,1-2H3,(H,19,20). The van der Waals surface area contributed by atoms with Crippen molar-refractivity contribution in [2.45, 2.75) is 32.7 Å². The lowest BCUT2D eigenvalue weighted by Crippen LogP contribution is -2.43. The van der Waals surface area contributed by atoms with Crippen LogP contribution in [0.3, 0.4) is 0 Å². The largest absolute Gasteiger partial charge is 0.479 e. The van der Waals surface area contributed by atoms with E-state index in [9.17, 15) is 14.7 Å². The normalized spacial score (nSPS) is 18.6. The zero-order valence-electron chi connectivity index (χ0n) is 11.8. The quantitative estimate of drug-likeness (QED) is 0.861. The van der Waals surface area contributed by atoms with Gasteiger partial charge in [0.25, 0.3) is 0 Å². The molecule has 0 saturated heterocycles. The van der Waals surface area contributed by atoms with Crippen LogP contribution in [0.2, 0.25) is 0 Å². The Morgan fingerprint density at radius 2 is 2.10 bits per heavy atom. The fourth-order valence-corrected chi connectivity index (χ4v) is 2.67. The minimum absolute atomic E-state index is 0.186. The SMILES string of the molecule is CCC=C(C)C(=O)N1CCc2ccccc2C1C(=O)O. The Morgan fingerprint density at radius 3 is 2.75 bits per heavy atom. The number of carboxylic acids is 1. The molecule has 0 radical (unpaired) electrons. The predicted octanol–water partition coefficient (Wildman–Crippen LogP) is 2.55. The number of hydrogen-bond donors (Lipinski definition) is 1. The summed E-state index contributed by atoms with van der Waals surface area (Å²) in [5.74, 6) is -1.16. The van der Waals surface area contributed by atoms with Crippen molar-refractivity contribution in [2.24, 2.45) is 0 Å². The molecular weight excluding hydrogens is 254 g/mol. The number of carbonyl (C=O) groups excluding carboxylic acids is 1. The molecule has 1 heterocycles. The van der Waals surface area contributed by atoms with E-state index in [2.05, 4.69) is 0 Å². The van der Waals surface area contributed by atoms with Gasteiger partial charge in [0.05, 0.1) is 0 Å². The molecule has 0 saturated carbocycles.